The lowest BCUT2D eigenvalue weighted by Gasteiger charge is -2.47. The van der Waals surface area contributed by atoms with E-state index < -0.39 is 0 Å². The molecule has 4 atom stereocenters. The first kappa shape index (κ1) is 8.12. The Balaban J connectivity index is 1.55. The van der Waals surface area contributed by atoms with E-state index in [1.54, 1.807) is 6.42 Å². The largest absolute Gasteiger partial charge is 0.298 e. The molecule has 0 aromatic heterocycles. The fourth-order valence-corrected chi connectivity index (χ4v) is 4.14. The Morgan fingerprint density at radius 3 is 2.93 bits per heavy atom. The van der Waals surface area contributed by atoms with Crippen LogP contribution in [0.1, 0.15) is 25.7 Å². The second kappa shape index (κ2) is 2.73. The Kier molecular flexibility index (Phi) is 1.58. The molecule has 1 aliphatic carbocycles. The van der Waals surface area contributed by atoms with Gasteiger partial charge in [-0.15, -0.1) is 0 Å². The first-order chi connectivity index (χ1) is 6.92. The summed E-state index contributed by atoms with van der Waals surface area (Å²) in [6, 6.07) is 1.90. The van der Waals surface area contributed by atoms with Gasteiger partial charge >= 0.3 is 0 Å². The minimum atomic E-state index is 0.928. The zero-order valence-corrected chi connectivity index (χ0v) is 8.86. The quantitative estimate of drug-likeness (QED) is 0.568. The third kappa shape index (κ3) is 1.04. The second-order valence-electron chi connectivity index (χ2n) is 5.83. The number of piperidine rings is 2. The van der Waals surface area contributed by atoms with Crippen LogP contribution < -0.4 is 0 Å². The molecule has 1 saturated carbocycles. The number of piperazine rings is 1. The van der Waals surface area contributed by atoms with Gasteiger partial charge in [-0.05, 0) is 37.6 Å². The van der Waals surface area contributed by atoms with E-state index in [1.165, 1.54) is 45.4 Å². The number of nitrogens with zero attached hydrogens (tertiary/aromatic N) is 2. The van der Waals surface area contributed by atoms with E-state index >= 15 is 0 Å². The molecule has 4 rings (SSSR count). The standard InChI is InChI=1S/C12H20N2/c1-2-4-13-8-12-11-5-9(11)6-14(12)7-10(13)3-1/h9-12H,1-8H2. The Hall–Kier alpha value is -0.0800. The molecule has 0 aromatic carbocycles. The third-order valence-electron chi connectivity index (χ3n) is 5.03. The van der Waals surface area contributed by atoms with Gasteiger partial charge in [-0.2, -0.15) is 0 Å². The molecule has 14 heavy (non-hydrogen) atoms. The van der Waals surface area contributed by atoms with E-state index in [0.717, 1.165) is 23.9 Å². The second-order valence-corrected chi connectivity index (χ2v) is 5.83. The Morgan fingerprint density at radius 1 is 0.929 bits per heavy atom. The van der Waals surface area contributed by atoms with Crippen LogP contribution in [0.25, 0.3) is 0 Å². The summed E-state index contributed by atoms with van der Waals surface area (Å²) in [4.78, 5) is 5.61. The van der Waals surface area contributed by atoms with Crippen LogP contribution in [0.3, 0.4) is 0 Å². The summed E-state index contributed by atoms with van der Waals surface area (Å²) >= 11 is 0. The van der Waals surface area contributed by atoms with Crippen molar-refractivity contribution >= 4 is 0 Å². The van der Waals surface area contributed by atoms with Crippen molar-refractivity contribution in [3.05, 3.63) is 0 Å². The van der Waals surface area contributed by atoms with Crippen molar-refractivity contribution in [2.75, 3.05) is 26.2 Å². The van der Waals surface area contributed by atoms with Gasteiger partial charge in [-0.25, -0.2) is 0 Å². The molecule has 0 spiro atoms. The molecule has 0 amide bonds. The average Bonchev–Trinajstić information content (AvgIpc) is 2.90. The van der Waals surface area contributed by atoms with Crippen molar-refractivity contribution in [1.29, 1.82) is 0 Å². The predicted molar refractivity (Wildman–Crippen MR) is 56.2 cm³/mol. The van der Waals surface area contributed by atoms with Gasteiger partial charge in [0.05, 0.1) is 0 Å². The maximum atomic E-state index is 2.81. The summed E-state index contributed by atoms with van der Waals surface area (Å²) in [7, 11) is 0. The first-order valence-corrected chi connectivity index (χ1v) is 6.40. The number of fused-ring (bicyclic) bond motifs is 4. The van der Waals surface area contributed by atoms with Crippen LogP contribution in [0, 0.1) is 11.8 Å². The number of hydrogen-bond acceptors (Lipinski definition) is 2. The van der Waals surface area contributed by atoms with Crippen molar-refractivity contribution in [2.45, 2.75) is 37.8 Å². The lowest BCUT2D eigenvalue weighted by Crippen LogP contribution is -2.58. The van der Waals surface area contributed by atoms with Crippen molar-refractivity contribution in [2.24, 2.45) is 11.8 Å². The zero-order chi connectivity index (χ0) is 9.12. The van der Waals surface area contributed by atoms with E-state index in [0.29, 0.717) is 0 Å². The van der Waals surface area contributed by atoms with Crippen LogP contribution in [0.2, 0.25) is 0 Å². The summed E-state index contributed by atoms with van der Waals surface area (Å²) in [5.41, 5.74) is 0. The van der Waals surface area contributed by atoms with E-state index in [4.69, 9.17) is 0 Å². The molecule has 3 heterocycles. The molecule has 2 nitrogen and oxygen atoms in total. The minimum Gasteiger partial charge on any atom is -0.298 e. The van der Waals surface area contributed by atoms with Crippen molar-refractivity contribution in [3.63, 3.8) is 0 Å². The third-order valence-corrected chi connectivity index (χ3v) is 5.03. The molecule has 0 radical (unpaired) electrons. The van der Waals surface area contributed by atoms with Crippen molar-refractivity contribution in [1.82, 2.24) is 9.80 Å². The Labute approximate surface area is 86.2 Å². The summed E-state index contributed by atoms with van der Waals surface area (Å²) in [6.07, 6.45) is 5.96. The van der Waals surface area contributed by atoms with Gasteiger partial charge in [0.1, 0.15) is 0 Å². The zero-order valence-electron chi connectivity index (χ0n) is 8.86. The SMILES string of the molecule is C1CCN2CC3C4CC4CN3CC2C1. The maximum Gasteiger partial charge on any atom is 0.0255 e. The van der Waals surface area contributed by atoms with Gasteiger partial charge in [0.25, 0.3) is 0 Å². The molecular weight excluding hydrogens is 172 g/mol. The molecular formula is C12H20N2. The van der Waals surface area contributed by atoms with Crippen LogP contribution in [-0.2, 0) is 0 Å². The molecule has 3 saturated heterocycles. The fraction of sp³-hybridized carbons (Fsp3) is 1.00. The van der Waals surface area contributed by atoms with Gasteiger partial charge in [0.15, 0.2) is 0 Å². The average molecular weight is 192 g/mol. The molecule has 2 heteroatoms. The van der Waals surface area contributed by atoms with Crippen molar-refractivity contribution < 1.29 is 0 Å². The summed E-state index contributed by atoms with van der Waals surface area (Å²) in [6.45, 7) is 5.65. The monoisotopic (exact) mass is 192 g/mol. The summed E-state index contributed by atoms with van der Waals surface area (Å²) in [5.74, 6) is 2.22. The number of rotatable bonds is 0. The Bertz CT molecular complexity index is 253. The minimum absolute atomic E-state index is 0.928. The molecule has 78 valence electrons. The van der Waals surface area contributed by atoms with Crippen LogP contribution >= 0.6 is 0 Å². The van der Waals surface area contributed by atoms with Crippen LogP contribution in [0.4, 0.5) is 0 Å². The Morgan fingerprint density at radius 2 is 1.93 bits per heavy atom. The van der Waals surface area contributed by atoms with Crippen LogP contribution in [-0.4, -0.2) is 48.1 Å². The lowest BCUT2D eigenvalue weighted by atomic mass is 9.96. The highest BCUT2D eigenvalue weighted by Gasteiger charge is 2.54. The normalized spacial score (nSPS) is 52.3. The molecule has 4 unspecified atom stereocenters. The van der Waals surface area contributed by atoms with Gasteiger partial charge in [-0.1, -0.05) is 6.42 Å². The first-order valence-electron chi connectivity index (χ1n) is 6.40. The van der Waals surface area contributed by atoms with E-state index in [2.05, 4.69) is 9.80 Å². The highest BCUT2D eigenvalue weighted by atomic mass is 15.3. The molecule has 0 N–H and O–H groups in total. The highest BCUT2D eigenvalue weighted by Crippen LogP contribution is 2.51. The lowest BCUT2D eigenvalue weighted by molar-refractivity contribution is 0.0177. The summed E-state index contributed by atoms with van der Waals surface area (Å²) in [5, 5.41) is 0. The summed E-state index contributed by atoms with van der Waals surface area (Å²) < 4.78 is 0. The molecule has 4 fully saturated rings. The maximum absolute atomic E-state index is 2.81. The number of hydrogen-bond donors (Lipinski definition) is 0. The molecule has 0 aromatic rings. The van der Waals surface area contributed by atoms with Gasteiger partial charge in [0.2, 0.25) is 0 Å². The van der Waals surface area contributed by atoms with Crippen molar-refractivity contribution in [3.8, 4) is 0 Å². The topological polar surface area (TPSA) is 6.48 Å². The van der Waals surface area contributed by atoms with E-state index in [9.17, 15) is 0 Å². The molecule has 4 aliphatic rings. The molecule has 0 bridgehead atoms. The van der Waals surface area contributed by atoms with E-state index in [1.807, 2.05) is 0 Å². The highest BCUT2D eigenvalue weighted by molar-refractivity contribution is 5.08. The van der Waals surface area contributed by atoms with Gasteiger partial charge in [0, 0.05) is 31.7 Å². The fourth-order valence-electron chi connectivity index (χ4n) is 4.14. The van der Waals surface area contributed by atoms with Gasteiger partial charge in [-0.3, -0.25) is 9.80 Å². The van der Waals surface area contributed by atoms with Crippen LogP contribution in [0.5, 0.6) is 0 Å². The smallest absolute Gasteiger partial charge is 0.0255 e. The predicted octanol–water partition coefficient (Wildman–Crippen LogP) is 1.17. The van der Waals surface area contributed by atoms with Crippen LogP contribution in [0.15, 0.2) is 0 Å². The van der Waals surface area contributed by atoms with E-state index in [-0.39, 0.29) is 0 Å². The molecule has 3 aliphatic heterocycles. The van der Waals surface area contributed by atoms with Gasteiger partial charge < -0.3 is 0 Å².